The summed E-state index contributed by atoms with van der Waals surface area (Å²) in [6.07, 6.45) is -9.71. The molecule has 1 saturated carbocycles. The van der Waals surface area contributed by atoms with Gasteiger partial charge in [0.15, 0.2) is 6.29 Å². The minimum absolute atomic E-state index is 0.609. The third-order valence-electron chi connectivity index (χ3n) is 4.88. The molecule has 2 fully saturated rings. The first-order valence-electron chi connectivity index (χ1n) is 7.69. The minimum Gasteiger partial charge on any atom is -0.472 e. The summed E-state index contributed by atoms with van der Waals surface area (Å²) in [5.74, 6) is -1.45. The van der Waals surface area contributed by atoms with Crippen molar-refractivity contribution in [1.82, 2.24) is 0 Å². The molecule has 138 valence electrons. The van der Waals surface area contributed by atoms with Gasteiger partial charge in [0.05, 0.1) is 31.0 Å². The van der Waals surface area contributed by atoms with Gasteiger partial charge in [-0.05, 0) is 6.08 Å². The smallest absolute Gasteiger partial charge is 0.207 e. The first-order valence-corrected chi connectivity index (χ1v) is 7.69. The highest BCUT2D eigenvalue weighted by atomic mass is 16.8. The Morgan fingerprint density at radius 2 is 1.46 bits per heavy atom. The van der Waals surface area contributed by atoms with Gasteiger partial charge in [-0.3, -0.25) is 0 Å². The predicted octanol–water partition coefficient (Wildman–Crippen LogP) is -4.00. The van der Waals surface area contributed by atoms with Gasteiger partial charge < -0.3 is 50.0 Å². The average molecular weight is 350 g/mol. The van der Waals surface area contributed by atoms with Crippen LogP contribution >= 0.6 is 0 Å². The fraction of sp³-hybridized carbons (Fsp3) is 0.857. The van der Waals surface area contributed by atoms with Gasteiger partial charge >= 0.3 is 0 Å². The fourth-order valence-electron chi connectivity index (χ4n) is 3.44. The van der Waals surface area contributed by atoms with E-state index in [1.54, 1.807) is 0 Å². The zero-order valence-corrected chi connectivity index (χ0v) is 12.6. The lowest BCUT2D eigenvalue weighted by molar-refractivity contribution is -0.343. The monoisotopic (exact) mass is 350 g/mol. The van der Waals surface area contributed by atoms with Crippen LogP contribution in [0, 0.1) is 11.8 Å². The highest BCUT2D eigenvalue weighted by Crippen LogP contribution is 2.41. The van der Waals surface area contributed by atoms with Gasteiger partial charge in [0.2, 0.25) is 6.29 Å². The molecule has 0 bridgehead atoms. The van der Waals surface area contributed by atoms with Crippen molar-refractivity contribution in [1.29, 1.82) is 0 Å². The maximum absolute atomic E-state index is 10.1. The summed E-state index contributed by atoms with van der Waals surface area (Å²) < 4.78 is 16.0. The average Bonchev–Trinajstić information content (AvgIpc) is 2.80. The van der Waals surface area contributed by atoms with Crippen LogP contribution in [0.4, 0.5) is 0 Å². The molecule has 24 heavy (non-hydrogen) atoms. The first kappa shape index (κ1) is 18.0. The molecule has 0 aromatic rings. The Bertz CT molecular complexity index is 470. The highest BCUT2D eigenvalue weighted by molar-refractivity contribution is 5.09. The van der Waals surface area contributed by atoms with Gasteiger partial charge in [-0.1, -0.05) is 0 Å². The number of hydrogen-bond acceptors (Lipinski definition) is 10. The molecule has 10 nitrogen and oxygen atoms in total. The molecule has 3 rings (SSSR count). The van der Waals surface area contributed by atoms with E-state index in [9.17, 15) is 30.6 Å². The van der Waals surface area contributed by atoms with Crippen LogP contribution in [0.3, 0.4) is 0 Å². The topological polar surface area (TPSA) is 169 Å². The van der Waals surface area contributed by atoms with E-state index < -0.39 is 73.8 Å². The van der Waals surface area contributed by atoms with Crippen LogP contribution in [-0.2, 0) is 14.2 Å². The molecular weight excluding hydrogens is 328 g/mol. The normalized spacial score (nSPS) is 54.4. The van der Waals surface area contributed by atoms with Crippen molar-refractivity contribution in [2.75, 3.05) is 6.61 Å². The lowest BCUT2D eigenvalue weighted by atomic mass is 9.91. The molecule has 0 aromatic carbocycles. The van der Waals surface area contributed by atoms with Crippen LogP contribution < -0.4 is 0 Å². The van der Waals surface area contributed by atoms with E-state index in [1.165, 1.54) is 12.3 Å². The molecule has 0 unspecified atom stereocenters. The largest absolute Gasteiger partial charge is 0.472 e. The van der Waals surface area contributed by atoms with Crippen molar-refractivity contribution < 1.29 is 50.0 Å². The summed E-state index contributed by atoms with van der Waals surface area (Å²) in [4.78, 5) is 0. The molecule has 11 atom stereocenters. The molecular formula is C14H22O10. The van der Waals surface area contributed by atoms with Gasteiger partial charge in [0.25, 0.3) is 0 Å². The molecule has 0 radical (unpaired) electrons. The highest BCUT2D eigenvalue weighted by Gasteiger charge is 2.55. The van der Waals surface area contributed by atoms with Gasteiger partial charge in [-0.15, -0.1) is 0 Å². The third kappa shape index (κ3) is 2.83. The van der Waals surface area contributed by atoms with Gasteiger partial charge in [-0.25, -0.2) is 0 Å². The van der Waals surface area contributed by atoms with Gasteiger partial charge in [0, 0.05) is 5.92 Å². The molecule has 0 aromatic heterocycles. The van der Waals surface area contributed by atoms with Crippen molar-refractivity contribution in [3.63, 3.8) is 0 Å². The van der Waals surface area contributed by atoms with Crippen LogP contribution in [0.5, 0.6) is 0 Å². The Morgan fingerprint density at radius 1 is 0.792 bits per heavy atom. The number of aliphatic hydroxyl groups is 7. The summed E-state index contributed by atoms with van der Waals surface area (Å²) in [7, 11) is 0. The summed E-state index contributed by atoms with van der Waals surface area (Å²) in [5, 5.41) is 68.5. The van der Waals surface area contributed by atoms with E-state index in [2.05, 4.69) is 0 Å². The molecule has 0 amide bonds. The van der Waals surface area contributed by atoms with Gasteiger partial charge in [0.1, 0.15) is 30.5 Å². The lowest BCUT2D eigenvalue weighted by Gasteiger charge is -2.42. The quantitative estimate of drug-likeness (QED) is 0.266. The molecule has 3 aliphatic rings. The molecule has 10 heteroatoms. The van der Waals surface area contributed by atoms with E-state index in [-0.39, 0.29) is 0 Å². The summed E-state index contributed by atoms with van der Waals surface area (Å²) >= 11 is 0. The second-order valence-electron chi connectivity index (χ2n) is 6.29. The van der Waals surface area contributed by atoms with E-state index >= 15 is 0 Å². The van der Waals surface area contributed by atoms with Crippen molar-refractivity contribution in [2.24, 2.45) is 11.8 Å². The van der Waals surface area contributed by atoms with Crippen LogP contribution in [0.2, 0.25) is 0 Å². The third-order valence-corrected chi connectivity index (χ3v) is 4.88. The minimum atomic E-state index is -1.62. The number of aliphatic hydroxyl groups excluding tert-OH is 7. The molecule has 7 N–H and O–H groups in total. The van der Waals surface area contributed by atoms with Crippen molar-refractivity contribution in [3.05, 3.63) is 12.3 Å². The Morgan fingerprint density at radius 3 is 2.12 bits per heavy atom. The number of fused-ring (bicyclic) bond motifs is 1. The maximum atomic E-state index is 10.1. The molecule has 2 aliphatic heterocycles. The fourth-order valence-corrected chi connectivity index (χ4v) is 3.44. The first-order chi connectivity index (χ1) is 11.4. The maximum Gasteiger partial charge on any atom is 0.207 e. The van der Waals surface area contributed by atoms with Crippen LogP contribution in [-0.4, -0.2) is 97.7 Å². The summed E-state index contributed by atoms with van der Waals surface area (Å²) in [6.45, 7) is -0.609. The Labute approximate surface area is 137 Å². The van der Waals surface area contributed by atoms with E-state index in [4.69, 9.17) is 19.3 Å². The molecule has 1 aliphatic carbocycles. The van der Waals surface area contributed by atoms with Crippen LogP contribution in [0.1, 0.15) is 0 Å². The standard InChI is InChI=1S/C14H22O10/c15-3-5-8(17)11(20)12(21)14(23-5)24-13-6-4(1-2-22-13)7(16)10(19)9(6)18/h1-2,4-21H,3H2/t4-,5-,6+,7+,8-,9-,10-,11+,12-,13+,14+/m1/s1. The number of ether oxygens (including phenoxy) is 3. The van der Waals surface area contributed by atoms with Crippen molar-refractivity contribution in [3.8, 4) is 0 Å². The Hall–Kier alpha value is -0.820. The van der Waals surface area contributed by atoms with Crippen LogP contribution in [0.25, 0.3) is 0 Å². The van der Waals surface area contributed by atoms with Gasteiger partial charge in [-0.2, -0.15) is 0 Å². The summed E-state index contributed by atoms with van der Waals surface area (Å²) in [5.41, 5.74) is 0. The van der Waals surface area contributed by atoms with Crippen molar-refractivity contribution >= 4 is 0 Å². The van der Waals surface area contributed by atoms with E-state index in [1.807, 2.05) is 0 Å². The Balaban J connectivity index is 1.74. The SMILES string of the molecule is OC[C@H]1O[C@@H](O[C@@H]2OC=C[C@H]3[C@H](O)[C@@H](O)[C@H](O)[C@@H]23)[C@H](O)[C@@H](O)[C@@H]1O. The molecule has 0 spiro atoms. The van der Waals surface area contributed by atoms with Crippen molar-refractivity contribution in [2.45, 2.75) is 55.3 Å². The predicted molar refractivity (Wildman–Crippen MR) is 73.9 cm³/mol. The molecule has 2 heterocycles. The van der Waals surface area contributed by atoms with Crippen LogP contribution in [0.15, 0.2) is 12.3 Å². The zero-order valence-electron chi connectivity index (χ0n) is 12.6. The molecule has 1 saturated heterocycles. The summed E-state index contributed by atoms with van der Waals surface area (Å²) in [6, 6.07) is 0. The number of rotatable bonds is 3. The second kappa shape index (κ2) is 6.83. The lowest BCUT2D eigenvalue weighted by Crippen LogP contribution is -2.60. The Kier molecular flexibility index (Phi) is 5.12. The zero-order chi connectivity index (χ0) is 17.6. The van der Waals surface area contributed by atoms with E-state index in [0.29, 0.717) is 0 Å². The number of hydrogen-bond donors (Lipinski definition) is 7. The van der Waals surface area contributed by atoms with E-state index in [0.717, 1.165) is 0 Å². The second-order valence-corrected chi connectivity index (χ2v) is 6.29.